The molecule has 2 heterocycles. The van der Waals surface area contributed by atoms with E-state index in [9.17, 15) is 14.9 Å². The summed E-state index contributed by atoms with van der Waals surface area (Å²) in [5.41, 5.74) is 3.71. The first-order chi connectivity index (χ1) is 15.9. The average Bonchev–Trinajstić information content (AvgIpc) is 3.15. The third-order valence-corrected chi connectivity index (χ3v) is 5.90. The van der Waals surface area contributed by atoms with Gasteiger partial charge in [-0.05, 0) is 43.7 Å². The van der Waals surface area contributed by atoms with E-state index in [0.717, 1.165) is 34.0 Å². The summed E-state index contributed by atoms with van der Waals surface area (Å²) in [7, 11) is 0. The van der Waals surface area contributed by atoms with Gasteiger partial charge >= 0.3 is 0 Å². The number of ether oxygens (including phenoxy) is 1. The SMILES string of the molecule is Cc1noc(C)c1COc1ccc(CC(=O)N2CCN(c3ccc([N+](=O)[O-])cc3)CC2)cc1. The molecule has 1 aromatic heterocycles. The number of carbonyl (C=O) groups is 1. The van der Waals surface area contributed by atoms with Crippen LogP contribution in [0.25, 0.3) is 0 Å². The van der Waals surface area contributed by atoms with Crippen LogP contribution in [0.3, 0.4) is 0 Å². The number of aryl methyl sites for hydroxylation is 2. The number of rotatable bonds is 7. The van der Waals surface area contributed by atoms with Gasteiger partial charge in [0.05, 0.1) is 22.6 Å². The van der Waals surface area contributed by atoms with E-state index >= 15 is 0 Å². The van der Waals surface area contributed by atoms with Crippen molar-refractivity contribution in [3.05, 3.63) is 81.2 Å². The fourth-order valence-corrected chi connectivity index (χ4v) is 3.85. The van der Waals surface area contributed by atoms with Gasteiger partial charge in [-0.25, -0.2) is 0 Å². The molecule has 0 radical (unpaired) electrons. The Labute approximate surface area is 191 Å². The monoisotopic (exact) mass is 450 g/mol. The Morgan fingerprint density at radius 2 is 1.73 bits per heavy atom. The molecule has 9 nitrogen and oxygen atoms in total. The van der Waals surface area contributed by atoms with Crippen molar-refractivity contribution in [2.75, 3.05) is 31.1 Å². The lowest BCUT2D eigenvalue weighted by atomic mass is 10.1. The predicted molar refractivity (Wildman–Crippen MR) is 122 cm³/mol. The number of nitro benzene ring substituents is 1. The van der Waals surface area contributed by atoms with Crippen molar-refractivity contribution < 1.29 is 19.0 Å². The second-order valence-corrected chi connectivity index (χ2v) is 8.05. The molecule has 0 bridgehead atoms. The Bertz CT molecular complexity index is 1100. The zero-order valence-corrected chi connectivity index (χ0v) is 18.7. The van der Waals surface area contributed by atoms with Crippen LogP contribution in [0.4, 0.5) is 11.4 Å². The molecule has 0 aliphatic carbocycles. The maximum absolute atomic E-state index is 12.8. The molecule has 4 rings (SSSR count). The molecule has 33 heavy (non-hydrogen) atoms. The third kappa shape index (κ3) is 5.31. The molecule has 0 unspecified atom stereocenters. The van der Waals surface area contributed by atoms with Gasteiger partial charge in [-0.3, -0.25) is 14.9 Å². The van der Waals surface area contributed by atoms with Gasteiger partial charge in [-0.1, -0.05) is 17.3 Å². The van der Waals surface area contributed by atoms with Crippen LogP contribution < -0.4 is 9.64 Å². The standard InChI is InChI=1S/C24H26N4O5/c1-17-23(18(2)33-25-17)16-32-22-9-3-19(4-10-22)15-24(29)27-13-11-26(12-14-27)20-5-7-21(8-6-20)28(30)31/h3-10H,11-16H2,1-2H3. The molecule has 1 amide bonds. The van der Waals surface area contributed by atoms with E-state index in [1.807, 2.05) is 43.0 Å². The minimum atomic E-state index is -0.405. The number of non-ortho nitro benzene ring substituents is 1. The van der Waals surface area contributed by atoms with Gasteiger partial charge in [0.25, 0.3) is 5.69 Å². The van der Waals surface area contributed by atoms with E-state index in [1.54, 1.807) is 12.1 Å². The molecule has 3 aromatic rings. The molecule has 2 aromatic carbocycles. The number of hydrogen-bond acceptors (Lipinski definition) is 7. The third-order valence-electron chi connectivity index (χ3n) is 5.90. The Morgan fingerprint density at radius 3 is 2.30 bits per heavy atom. The first-order valence-electron chi connectivity index (χ1n) is 10.8. The summed E-state index contributed by atoms with van der Waals surface area (Å²) in [5, 5.41) is 14.7. The largest absolute Gasteiger partial charge is 0.489 e. The maximum atomic E-state index is 12.8. The zero-order chi connectivity index (χ0) is 23.4. The van der Waals surface area contributed by atoms with Crippen LogP contribution in [-0.4, -0.2) is 47.1 Å². The number of benzene rings is 2. The quantitative estimate of drug-likeness (QED) is 0.400. The summed E-state index contributed by atoms with van der Waals surface area (Å²) in [6.45, 7) is 6.76. The first kappa shape index (κ1) is 22.3. The molecule has 0 spiro atoms. The van der Waals surface area contributed by atoms with E-state index in [0.29, 0.717) is 39.2 Å². The summed E-state index contributed by atoms with van der Waals surface area (Å²) >= 11 is 0. The summed E-state index contributed by atoms with van der Waals surface area (Å²) in [6.07, 6.45) is 0.335. The lowest BCUT2D eigenvalue weighted by Gasteiger charge is -2.36. The highest BCUT2D eigenvalue weighted by Crippen LogP contribution is 2.22. The van der Waals surface area contributed by atoms with E-state index < -0.39 is 4.92 Å². The van der Waals surface area contributed by atoms with Crippen LogP contribution in [0.15, 0.2) is 53.1 Å². The van der Waals surface area contributed by atoms with E-state index in [4.69, 9.17) is 9.26 Å². The molecule has 1 fully saturated rings. The van der Waals surface area contributed by atoms with Gasteiger partial charge in [-0.15, -0.1) is 0 Å². The molecular weight excluding hydrogens is 424 g/mol. The van der Waals surface area contributed by atoms with Crippen molar-refractivity contribution in [1.82, 2.24) is 10.1 Å². The van der Waals surface area contributed by atoms with Crippen molar-refractivity contribution in [2.45, 2.75) is 26.9 Å². The highest BCUT2D eigenvalue weighted by Gasteiger charge is 2.22. The lowest BCUT2D eigenvalue weighted by Crippen LogP contribution is -2.49. The first-order valence-corrected chi connectivity index (χ1v) is 10.8. The summed E-state index contributed by atoms with van der Waals surface area (Å²) in [4.78, 5) is 27.2. The van der Waals surface area contributed by atoms with Gasteiger partial charge in [0, 0.05) is 44.0 Å². The van der Waals surface area contributed by atoms with Crippen LogP contribution in [0.5, 0.6) is 5.75 Å². The highest BCUT2D eigenvalue weighted by molar-refractivity contribution is 5.79. The van der Waals surface area contributed by atoms with E-state index in [2.05, 4.69) is 10.1 Å². The van der Waals surface area contributed by atoms with Crippen molar-refractivity contribution in [2.24, 2.45) is 0 Å². The van der Waals surface area contributed by atoms with Crippen LogP contribution >= 0.6 is 0 Å². The van der Waals surface area contributed by atoms with Crippen LogP contribution in [0.1, 0.15) is 22.6 Å². The molecule has 1 aliphatic rings. The topological polar surface area (TPSA) is 102 Å². The Kier molecular flexibility index (Phi) is 6.58. The summed E-state index contributed by atoms with van der Waals surface area (Å²) in [6, 6.07) is 14.1. The maximum Gasteiger partial charge on any atom is 0.269 e. The zero-order valence-electron chi connectivity index (χ0n) is 18.7. The van der Waals surface area contributed by atoms with Crippen molar-refractivity contribution in [3.63, 3.8) is 0 Å². The van der Waals surface area contributed by atoms with Crippen LogP contribution in [0.2, 0.25) is 0 Å². The van der Waals surface area contributed by atoms with Gasteiger partial charge in [0.15, 0.2) is 0 Å². The Morgan fingerprint density at radius 1 is 1.06 bits per heavy atom. The van der Waals surface area contributed by atoms with Crippen molar-refractivity contribution >= 4 is 17.3 Å². The molecule has 0 N–H and O–H groups in total. The van der Waals surface area contributed by atoms with Crippen LogP contribution in [-0.2, 0) is 17.8 Å². The summed E-state index contributed by atoms with van der Waals surface area (Å²) in [5.74, 6) is 1.56. The fourth-order valence-electron chi connectivity index (χ4n) is 3.85. The van der Waals surface area contributed by atoms with Gasteiger partial charge in [0.1, 0.15) is 18.1 Å². The smallest absolute Gasteiger partial charge is 0.269 e. The van der Waals surface area contributed by atoms with E-state index in [1.165, 1.54) is 12.1 Å². The average molecular weight is 450 g/mol. The highest BCUT2D eigenvalue weighted by atomic mass is 16.6. The van der Waals surface area contributed by atoms with Crippen LogP contribution in [0, 0.1) is 24.0 Å². The second kappa shape index (κ2) is 9.72. The van der Waals surface area contributed by atoms with Crippen molar-refractivity contribution in [3.8, 4) is 5.75 Å². The van der Waals surface area contributed by atoms with Gasteiger partial charge < -0.3 is 19.1 Å². The van der Waals surface area contributed by atoms with Gasteiger partial charge in [0.2, 0.25) is 5.91 Å². The minimum Gasteiger partial charge on any atom is -0.489 e. The number of hydrogen-bond donors (Lipinski definition) is 0. The minimum absolute atomic E-state index is 0.0766. The number of carbonyl (C=O) groups excluding carboxylic acids is 1. The fraction of sp³-hybridized carbons (Fsp3) is 0.333. The number of nitro groups is 1. The van der Waals surface area contributed by atoms with E-state index in [-0.39, 0.29) is 11.6 Å². The normalized spacial score (nSPS) is 13.8. The lowest BCUT2D eigenvalue weighted by molar-refractivity contribution is -0.384. The molecule has 9 heteroatoms. The summed E-state index contributed by atoms with van der Waals surface area (Å²) < 4.78 is 11.0. The number of piperazine rings is 1. The Balaban J connectivity index is 1.26. The molecular formula is C24H26N4O5. The molecule has 172 valence electrons. The molecule has 1 saturated heterocycles. The predicted octanol–water partition coefficient (Wildman–Crippen LogP) is 3.67. The molecule has 0 saturated carbocycles. The number of anilines is 1. The number of amides is 1. The molecule has 1 aliphatic heterocycles. The molecule has 0 atom stereocenters. The number of aromatic nitrogens is 1. The Hall–Kier alpha value is -3.88. The van der Waals surface area contributed by atoms with Gasteiger partial charge in [-0.2, -0.15) is 0 Å². The second-order valence-electron chi connectivity index (χ2n) is 8.05. The number of nitrogens with zero attached hydrogens (tertiary/aromatic N) is 4. The van der Waals surface area contributed by atoms with Crippen molar-refractivity contribution in [1.29, 1.82) is 0 Å².